The first-order valence-corrected chi connectivity index (χ1v) is 9.05. The molecule has 1 aliphatic carbocycles. The highest BCUT2D eigenvalue weighted by Crippen LogP contribution is 2.41. The summed E-state index contributed by atoms with van der Waals surface area (Å²) in [4.78, 5) is 13.7. The van der Waals surface area contributed by atoms with Crippen molar-refractivity contribution < 1.29 is 9.47 Å². The van der Waals surface area contributed by atoms with Crippen LogP contribution in [0.1, 0.15) is 17.5 Å². The highest BCUT2D eigenvalue weighted by atomic mass is 16.7. The van der Waals surface area contributed by atoms with Crippen LogP contribution < -0.4 is 14.4 Å². The monoisotopic (exact) mass is 338 g/mol. The Morgan fingerprint density at radius 3 is 2.68 bits per heavy atom. The van der Waals surface area contributed by atoms with Crippen LogP contribution in [0.2, 0.25) is 0 Å². The smallest absolute Gasteiger partial charge is 0.231 e. The number of aromatic nitrogens is 2. The first-order valence-electron chi connectivity index (χ1n) is 9.05. The second kappa shape index (κ2) is 6.19. The predicted octanol–water partition coefficient (Wildman–Crippen LogP) is 1.88. The van der Waals surface area contributed by atoms with Gasteiger partial charge < -0.3 is 14.4 Å². The molecule has 1 aromatic heterocycles. The molecule has 3 aliphatic rings. The third-order valence-corrected chi connectivity index (χ3v) is 5.59. The highest BCUT2D eigenvalue weighted by molar-refractivity contribution is 5.53. The van der Waals surface area contributed by atoms with Crippen molar-refractivity contribution in [2.45, 2.75) is 25.3 Å². The van der Waals surface area contributed by atoms with Gasteiger partial charge in [-0.25, -0.2) is 9.97 Å². The molecule has 0 bridgehead atoms. The Labute approximate surface area is 147 Å². The molecule has 3 heterocycles. The minimum atomic E-state index is 0.360. The number of fused-ring (bicyclic) bond motifs is 3. The summed E-state index contributed by atoms with van der Waals surface area (Å²) in [5.41, 5.74) is 2.79. The first kappa shape index (κ1) is 15.0. The lowest BCUT2D eigenvalue weighted by molar-refractivity contribution is 0.164. The number of anilines is 1. The predicted molar refractivity (Wildman–Crippen MR) is 94.2 cm³/mol. The van der Waals surface area contributed by atoms with E-state index in [1.165, 1.54) is 17.5 Å². The number of nitrogens with zero attached hydrogens (tertiary/aromatic N) is 4. The fourth-order valence-corrected chi connectivity index (χ4v) is 4.26. The van der Waals surface area contributed by atoms with Crippen LogP contribution in [0.15, 0.2) is 30.6 Å². The Bertz CT molecular complexity index is 760. The summed E-state index contributed by atoms with van der Waals surface area (Å²) in [5, 5.41) is 0. The van der Waals surface area contributed by atoms with E-state index >= 15 is 0 Å². The average Bonchev–Trinajstić information content (AvgIpc) is 3.18. The third kappa shape index (κ3) is 2.70. The molecule has 2 aromatic rings. The summed E-state index contributed by atoms with van der Waals surface area (Å²) in [6.07, 6.45) is 7.00. The van der Waals surface area contributed by atoms with E-state index in [9.17, 15) is 0 Å². The van der Waals surface area contributed by atoms with Gasteiger partial charge in [0, 0.05) is 50.2 Å². The van der Waals surface area contributed by atoms with E-state index < -0.39 is 0 Å². The maximum Gasteiger partial charge on any atom is 0.231 e. The topological polar surface area (TPSA) is 50.7 Å². The fourth-order valence-electron chi connectivity index (χ4n) is 4.26. The Morgan fingerprint density at radius 2 is 1.84 bits per heavy atom. The van der Waals surface area contributed by atoms with Crippen LogP contribution in [-0.2, 0) is 12.8 Å². The maximum atomic E-state index is 5.68. The summed E-state index contributed by atoms with van der Waals surface area (Å²) < 4.78 is 11.2. The van der Waals surface area contributed by atoms with E-state index in [4.69, 9.17) is 9.47 Å². The molecule has 1 aromatic carbocycles. The zero-order valence-corrected chi connectivity index (χ0v) is 14.2. The van der Waals surface area contributed by atoms with Crippen molar-refractivity contribution in [2.75, 3.05) is 37.9 Å². The number of rotatable bonds is 2. The molecule has 1 atom stereocenters. The maximum absolute atomic E-state index is 5.68. The minimum absolute atomic E-state index is 0.360. The molecule has 0 spiro atoms. The SMILES string of the molecule is c1cnc(N2CCN(C3CCc4c(ccc5c4OCO5)C3)CC2)nc1. The van der Waals surface area contributed by atoms with E-state index in [1.807, 2.05) is 18.5 Å². The zero-order valence-electron chi connectivity index (χ0n) is 14.2. The quantitative estimate of drug-likeness (QED) is 0.833. The molecule has 0 radical (unpaired) electrons. The lowest BCUT2D eigenvalue weighted by atomic mass is 9.86. The molecule has 1 saturated heterocycles. The van der Waals surface area contributed by atoms with Crippen LogP contribution >= 0.6 is 0 Å². The lowest BCUT2D eigenvalue weighted by Crippen LogP contribution is -2.52. The van der Waals surface area contributed by atoms with Crippen molar-refractivity contribution in [2.24, 2.45) is 0 Å². The summed E-state index contributed by atoms with van der Waals surface area (Å²) in [7, 11) is 0. The molecule has 0 saturated carbocycles. The van der Waals surface area contributed by atoms with Gasteiger partial charge >= 0.3 is 0 Å². The van der Waals surface area contributed by atoms with Crippen LogP contribution in [0.4, 0.5) is 5.95 Å². The fraction of sp³-hybridized carbons (Fsp3) is 0.474. The third-order valence-electron chi connectivity index (χ3n) is 5.59. The minimum Gasteiger partial charge on any atom is -0.454 e. The molecule has 0 amide bonds. The van der Waals surface area contributed by atoms with Gasteiger partial charge in [0.15, 0.2) is 11.5 Å². The van der Waals surface area contributed by atoms with Crippen LogP contribution in [0.3, 0.4) is 0 Å². The van der Waals surface area contributed by atoms with Gasteiger partial charge in [0.1, 0.15) is 0 Å². The Balaban J connectivity index is 1.26. The van der Waals surface area contributed by atoms with Gasteiger partial charge in [-0.05, 0) is 37.0 Å². The van der Waals surface area contributed by atoms with Gasteiger partial charge in [-0.3, -0.25) is 4.90 Å². The van der Waals surface area contributed by atoms with Crippen molar-refractivity contribution in [3.05, 3.63) is 41.7 Å². The summed E-state index contributed by atoms with van der Waals surface area (Å²) in [6.45, 7) is 4.49. The molecule has 1 unspecified atom stereocenters. The number of hydrogen-bond donors (Lipinski definition) is 0. The number of benzene rings is 1. The molecule has 25 heavy (non-hydrogen) atoms. The van der Waals surface area contributed by atoms with Gasteiger partial charge in [0.25, 0.3) is 0 Å². The van der Waals surface area contributed by atoms with Gasteiger partial charge in [-0.1, -0.05) is 6.07 Å². The number of hydrogen-bond acceptors (Lipinski definition) is 6. The van der Waals surface area contributed by atoms with Crippen molar-refractivity contribution in [1.82, 2.24) is 14.9 Å². The Hall–Kier alpha value is -2.34. The second-order valence-electron chi connectivity index (χ2n) is 6.91. The van der Waals surface area contributed by atoms with Crippen LogP contribution in [0.5, 0.6) is 11.5 Å². The summed E-state index contributed by atoms with van der Waals surface area (Å²) in [5.74, 6) is 2.75. The van der Waals surface area contributed by atoms with Gasteiger partial charge in [0.05, 0.1) is 0 Å². The molecule has 1 fully saturated rings. The van der Waals surface area contributed by atoms with E-state index in [2.05, 4.69) is 31.9 Å². The van der Waals surface area contributed by atoms with E-state index in [-0.39, 0.29) is 0 Å². The number of ether oxygens (including phenoxy) is 2. The standard InChI is InChI=1S/C19H22N4O2/c1-6-20-19(21-7-1)23-10-8-22(9-11-23)15-3-4-16-14(12-15)2-5-17-18(16)25-13-24-17/h1-2,5-7,15H,3-4,8-13H2. The van der Waals surface area contributed by atoms with Crippen molar-refractivity contribution in [3.63, 3.8) is 0 Å². The van der Waals surface area contributed by atoms with Crippen LogP contribution in [-0.4, -0.2) is 53.9 Å². The van der Waals surface area contributed by atoms with E-state index in [1.54, 1.807) is 0 Å². The first-order chi connectivity index (χ1) is 12.4. The highest BCUT2D eigenvalue weighted by Gasteiger charge is 2.31. The van der Waals surface area contributed by atoms with Crippen molar-refractivity contribution in [1.29, 1.82) is 0 Å². The molecular weight excluding hydrogens is 316 g/mol. The number of piperazine rings is 1. The van der Waals surface area contributed by atoms with E-state index in [0.29, 0.717) is 12.8 Å². The van der Waals surface area contributed by atoms with Crippen LogP contribution in [0.25, 0.3) is 0 Å². The molecule has 130 valence electrons. The van der Waals surface area contributed by atoms with Gasteiger partial charge in [0.2, 0.25) is 12.7 Å². The summed E-state index contributed by atoms with van der Waals surface area (Å²) in [6, 6.07) is 6.77. The normalized spacial score (nSPS) is 22.7. The average molecular weight is 338 g/mol. The van der Waals surface area contributed by atoms with Crippen LogP contribution in [0, 0.1) is 0 Å². The van der Waals surface area contributed by atoms with Crippen molar-refractivity contribution in [3.8, 4) is 11.5 Å². The van der Waals surface area contributed by atoms with Gasteiger partial charge in [-0.15, -0.1) is 0 Å². The molecule has 6 nitrogen and oxygen atoms in total. The molecular formula is C19H22N4O2. The van der Waals surface area contributed by atoms with Crippen molar-refractivity contribution >= 4 is 5.95 Å². The lowest BCUT2D eigenvalue weighted by Gasteiger charge is -2.41. The van der Waals surface area contributed by atoms with E-state index in [0.717, 1.165) is 56.5 Å². The Morgan fingerprint density at radius 1 is 1.00 bits per heavy atom. The molecule has 2 aliphatic heterocycles. The zero-order chi connectivity index (χ0) is 16.6. The Kier molecular flexibility index (Phi) is 3.70. The molecule has 5 rings (SSSR count). The largest absolute Gasteiger partial charge is 0.454 e. The molecule has 6 heteroatoms. The molecule has 0 N–H and O–H groups in total. The van der Waals surface area contributed by atoms with Gasteiger partial charge in [-0.2, -0.15) is 0 Å². The summed E-state index contributed by atoms with van der Waals surface area (Å²) >= 11 is 0. The second-order valence-corrected chi connectivity index (χ2v) is 6.91.